The third-order valence-corrected chi connectivity index (χ3v) is 6.40. The Morgan fingerprint density at radius 2 is 1.72 bits per heavy atom. The Kier molecular flexibility index (Phi) is 5.39. The number of para-hydroxylation sites is 2. The first kappa shape index (κ1) is 20.3. The van der Waals surface area contributed by atoms with Crippen LogP contribution < -0.4 is 4.74 Å². The minimum absolute atomic E-state index is 0.0688. The average Bonchev–Trinajstić information content (AvgIpc) is 3.40. The number of imidazole rings is 1. The minimum Gasteiger partial charge on any atom is -0.497 e. The zero-order chi connectivity index (χ0) is 22.1. The molecule has 0 aliphatic carbocycles. The van der Waals surface area contributed by atoms with Crippen molar-refractivity contribution in [1.82, 2.24) is 14.5 Å². The van der Waals surface area contributed by atoms with Crippen LogP contribution in [0.3, 0.4) is 0 Å². The van der Waals surface area contributed by atoms with E-state index in [1.165, 1.54) is 5.56 Å². The van der Waals surface area contributed by atoms with Crippen molar-refractivity contribution in [3.8, 4) is 5.75 Å². The van der Waals surface area contributed by atoms with Crippen LogP contribution in [0.15, 0.2) is 78.9 Å². The lowest BCUT2D eigenvalue weighted by molar-refractivity contribution is -0.128. The number of hydrogen-bond acceptors (Lipinski definition) is 3. The summed E-state index contributed by atoms with van der Waals surface area (Å²) >= 11 is 0. The maximum absolute atomic E-state index is 12.9. The molecule has 0 saturated carbocycles. The molecular formula is C27H27N3O2. The van der Waals surface area contributed by atoms with Crippen molar-refractivity contribution in [3.05, 3.63) is 95.8 Å². The van der Waals surface area contributed by atoms with Gasteiger partial charge in [0.1, 0.15) is 11.6 Å². The van der Waals surface area contributed by atoms with E-state index in [9.17, 15) is 4.79 Å². The third kappa shape index (κ3) is 3.75. The van der Waals surface area contributed by atoms with Crippen LogP contribution in [0.2, 0.25) is 0 Å². The van der Waals surface area contributed by atoms with E-state index in [0.29, 0.717) is 19.5 Å². The van der Waals surface area contributed by atoms with Crippen molar-refractivity contribution in [1.29, 1.82) is 0 Å². The van der Waals surface area contributed by atoms with Crippen molar-refractivity contribution in [3.63, 3.8) is 0 Å². The molecule has 5 rings (SSSR count). The molecular weight excluding hydrogens is 398 g/mol. The average molecular weight is 426 g/mol. The van der Waals surface area contributed by atoms with Crippen LogP contribution in [-0.4, -0.2) is 34.0 Å². The van der Waals surface area contributed by atoms with Gasteiger partial charge in [0.05, 0.1) is 24.2 Å². The number of carbonyl (C=O) groups excluding carboxylic acids is 1. The second-order valence-corrected chi connectivity index (χ2v) is 8.44. The molecule has 4 aromatic rings. The lowest BCUT2D eigenvalue weighted by Gasteiger charge is -2.21. The molecule has 1 amide bonds. The number of likely N-dealkylation sites (tertiary alicyclic amines) is 1. The topological polar surface area (TPSA) is 47.4 Å². The van der Waals surface area contributed by atoms with E-state index >= 15 is 0 Å². The fourth-order valence-corrected chi connectivity index (χ4v) is 4.69. The molecule has 5 heteroatoms. The van der Waals surface area contributed by atoms with E-state index in [4.69, 9.17) is 9.72 Å². The van der Waals surface area contributed by atoms with Gasteiger partial charge in [0, 0.05) is 25.4 Å². The Morgan fingerprint density at radius 1 is 1.00 bits per heavy atom. The predicted octanol–water partition coefficient (Wildman–Crippen LogP) is 5.17. The molecule has 1 aliphatic heterocycles. The molecule has 0 N–H and O–H groups in total. The highest BCUT2D eigenvalue weighted by Crippen LogP contribution is 2.35. The Balaban J connectivity index is 1.46. The van der Waals surface area contributed by atoms with E-state index in [1.807, 2.05) is 41.3 Å². The highest BCUT2D eigenvalue weighted by Gasteiger charge is 2.34. The summed E-state index contributed by atoms with van der Waals surface area (Å²) in [6, 6.07) is 26.8. The fourth-order valence-electron chi connectivity index (χ4n) is 4.69. The van der Waals surface area contributed by atoms with Gasteiger partial charge in [-0.2, -0.15) is 0 Å². The lowest BCUT2D eigenvalue weighted by atomic mass is 10.0. The van der Waals surface area contributed by atoms with E-state index in [1.54, 1.807) is 7.11 Å². The lowest BCUT2D eigenvalue weighted by Crippen LogP contribution is -2.24. The largest absolute Gasteiger partial charge is 0.497 e. The number of carbonyl (C=O) groups is 1. The van der Waals surface area contributed by atoms with Gasteiger partial charge in [-0.3, -0.25) is 4.79 Å². The smallest absolute Gasteiger partial charge is 0.223 e. The van der Waals surface area contributed by atoms with Crippen LogP contribution in [0.5, 0.6) is 5.75 Å². The van der Waals surface area contributed by atoms with Gasteiger partial charge in [-0.15, -0.1) is 0 Å². The number of aromatic nitrogens is 2. The Labute approximate surface area is 188 Å². The molecule has 2 atom stereocenters. The van der Waals surface area contributed by atoms with Crippen molar-refractivity contribution in [2.75, 3.05) is 13.7 Å². The molecule has 3 aromatic carbocycles. The number of hydrogen-bond donors (Lipinski definition) is 0. The van der Waals surface area contributed by atoms with Crippen LogP contribution in [-0.2, 0) is 11.3 Å². The van der Waals surface area contributed by atoms with Crippen LogP contribution in [0.25, 0.3) is 11.0 Å². The molecule has 0 radical (unpaired) electrons. The van der Waals surface area contributed by atoms with Crippen molar-refractivity contribution in [2.24, 2.45) is 0 Å². The van der Waals surface area contributed by atoms with Crippen molar-refractivity contribution < 1.29 is 9.53 Å². The maximum atomic E-state index is 12.9. The normalized spacial score (nSPS) is 17.1. The number of benzene rings is 3. The minimum atomic E-state index is 0.0688. The molecule has 1 aromatic heterocycles. The molecule has 0 spiro atoms. The Morgan fingerprint density at radius 3 is 2.47 bits per heavy atom. The van der Waals surface area contributed by atoms with Crippen LogP contribution >= 0.6 is 0 Å². The fraction of sp³-hybridized carbons (Fsp3) is 0.259. The number of methoxy groups -OCH3 is 1. The second-order valence-electron chi connectivity index (χ2n) is 8.44. The first-order chi connectivity index (χ1) is 15.6. The Bertz CT molecular complexity index is 1230. The summed E-state index contributed by atoms with van der Waals surface area (Å²) in [7, 11) is 1.66. The number of amides is 1. The first-order valence-corrected chi connectivity index (χ1v) is 11.1. The summed E-state index contributed by atoms with van der Waals surface area (Å²) in [5.41, 5.74) is 4.42. The van der Waals surface area contributed by atoms with Gasteiger partial charge in [0.2, 0.25) is 5.91 Å². The highest BCUT2D eigenvalue weighted by atomic mass is 16.5. The van der Waals surface area contributed by atoms with Crippen LogP contribution in [0.4, 0.5) is 0 Å². The quantitative estimate of drug-likeness (QED) is 0.428. The van der Waals surface area contributed by atoms with E-state index in [0.717, 1.165) is 28.2 Å². The zero-order valence-corrected chi connectivity index (χ0v) is 18.4. The zero-order valence-electron chi connectivity index (χ0n) is 18.4. The highest BCUT2D eigenvalue weighted by molar-refractivity contribution is 5.81. The standard InChI is InChI=1S/C27H27N3O2/c1-19(21-8-4-3-5-9-21)30-25-11-7-6-10-24(25)28-27(30)22-16-26(31)29(18-22)17-20-12-14-23(32-2)15-13-20/h3-15,19,22H,16-18H2,1-2H3. The maximum Gasteiger partial charge on any atom is 0.223 e. The van der Waals surface area contributed by atoms with Gasteiger partial charge >= 0.3 is 0 Å². The third-order valence-electron chi connectivity index (χ3n) is 6.40. The SMILES string of the molecule is COc1ccc(CN2CC(c3nc4ccccc4n3C(C)c3ccccc3)CC2=O)cc1. The molecule has 0 bridgehead atoms. The molecule has 2 unspecified atom stereocenters. The number of ether oxygens (including phenoxy) is 1. The number of rotatable bonds is 6. The van der Waals surface area contributed by atoms with Crippen LogP contribution in [0, 0.1) is 0 Å². The monoisotopic (exact) mass is 425 g/mol. The first-order valence-electron chi connectivity index (χ1n) is 11.1. The molecule has 2 heterocycles. The van der Waals surface area contributed by atoms with Gasteiger partial charge in [0.25, 0.3) is 0 Å². The summed E-state index contributed by atoms with van der Waals surface area (Å²) < 4.78 is 7.56. The van der Waals surface area contributed by atoms with E-state index in [-0.39, 0.29) is 17.9 Å². The number of nitrogens with zero attached hydrogens (tertiary/aromatic N) is 3. The Hall–Kier alpha value is -3.60. The predicted molar refractivity (Wildman–Crippen MR) is 126 cm³/mol. The van der Waals surface area contributed by atoms with E-state index < -0.39 is 0 Å². The van der Waals surface area contributed by atoms with Gasteiger partial charge in [-0.25, -0.2) is 4.98 Å². The van der Waals surface area contributed by atoms with Crippen molar-refractivity contribution in [2.45, 2.75) is 31.8 Å². The van der Waals surface area contributed by atoms with Crippen molar-refractivity contribution >= 4 is 16.9 Å². The molecule has 32 heavy (non-hydrogen) atoms. The van der Waals surface area contributed by atoms with Gasteiger partial charge in [-0.05, 0) is 42.3 Å². The molecule has 1 aliphatic rings. The summed E-state index contributed by atoms with van der Waals surface area (Å²) in [6.45, 7) is 3.49. The molecule has 5 nitrogen and oxygen atoms in total. The van der Waals surface area contributed by atoms with Gasteiger partial charge in [-0.1, -0.05) is 54.6 Å². The summed E-state index contributed by atoms with van der Waals surface area (Å²) in [5, 5.41) is 0. The molecule has 1 saturated heterocycles. The van der Waals surface area contributed by atoms with Gasteiger partial charge in [0.15, 0.2) is 0 Å². The molecule has 162 valence electrons. The summed E-state index contributed by atoms with van der Waals surface area (Å²) in [4.78, 5) is 19.9. The second kappa shape index (κ2) is 8.50. The van der Waals surface area contributed by atoms with Crippen LogP contribution in [0.1, 0.15) is 42.3 Å². The van der Waals surface area contributed by atoms with E-state index in [2.05, 4.69) is 54.0 Å². The molecule has 1 fully saturated rings. The summed E-state index contributed by atoms with van der Waals surface area (Å²) in [6.07, 6.45) is 0.487. The van der Waals surface area contributed by atoms with Gasteiger partial charge < -0.3 is 14.2 Å². The summed E-state index contributed by atoms with van der Waals surface area (Å²) in [5.74, 6) is 2.06. The number of fused-ring (bicyclic) bond motifs is 1.